The lowest BCUT2D eigenvalue weighted by Gasteiger charge is -2.31. The van der Waals surface area contributed by atoms with Crippen molar-refractivity contribution in [1.29, 1.82) is 0 Å². The zero-order valence-corrected chi connectivity index (χ0v) is 18.2. The molecule has 1 fully saturated rings. The molecule has 2 amide bonds. The Hall–Kier alpha value is -3.44. The number of fused-ring (bicyclic) bond motifs is 1. The highest BCUT2D eigenvalue weighted by Crippen LogP contribution is 2.25. The van der Waals surface area contributed by atoms with Gasteiger partial charge in [-0.25, -0.2) is 0 Å². The Bertz CT molecular complexity index is 1110. The Labute approximate surface area is 189 Å². The molecule has 0 aromatic heterocycles. The van der Waals surface area contributed by atoms with E-state index in [0.717, 1.165) is 32.5 Å². The normalized spacial score (nSPS) is 14.8. The highest BCUT2D eigenvalue weighted by molar-refractivity contribution is 6.04. The summed E-state index contributed by atoms with van der Waals surface area (Å²) in [4.78, 5) is 27.7. The third kappa shape index (κ3) is 5.06. The first kappa shape index (κ1) is 21.8. The molecule has 4 rings (SSSR count). The van der Waals surface area contributed by atoms with Crippen molar-refractivity contribution >= 4 is 28.3 Å². The average Bonchev–Trinajstić information content (AvgIpc) is 2.83. The summed E-state index contributed by atoms with van der Waals surface area (Å²) in [6.45, 7) is 6.65. The van der Waals surface area contributed by atoms with E-state index in [1.807, 2.05) is 6.07 Å². The van der Waals surface area contributed by atoms with Gasteiger partial charge in [-0.15, -0.1) is 6.58 Å². The molecule has 0 bridgehead atoms. The second-order valence-electron chi connectivity index (χ2n) is 8.22. The molecule has 1 saturated heterocycles. The summed E-state index contributed by atoms with van der Waals surface area (Å²) in [6, 6.07) is 22.0. The minimum atomic E-state index is -0.217. The third-order valence-corrected chi connectivity index (χ3v) is 6.07. The minimum Gasteiger partial charge on any atom is -0.349 e. The lowest BCUT2D eigenvalue weighted by Crippen LogP contribution is -2.38. The number of hydrogen-bond acceptors (Lipinski definition) is 3. The van der Waals surface area contributed by atoms with E-state index in [1.165, 1.54) is 16.3 Å². The fourth-order valence-corrected chi connectivity index (χ4v) is 4.31. The Morgan fingerprint density at radius 1 is 0.969 bits per heavy atom. The van der Waals surface area contributed by atoms with Crippen LogP contribution in [0.4, 0.5) is 5.69 Å². The Balaban J connectivity index is 1.35. The van der Waals surface area contributed by atoms with Crippen LogP contribution in [0.1, 0.15) is 28.8 Å². The molecular weight excluding hydrogens is 398 g/mol. The maximum absolute atomic E-state index is 12.9. The van der Waals surface area contributed by atoms with Crippen LogP contribution in [0.3, 0.4) is 0 Å². The number of likely N-dealkylation sites (tertiary alicyclic amines) is 1. The second-order valence-corrected chi connectivity index (χ2v) is 8.22. The van der Waals surface area contributed by atoms with Gasteiger partial charge in [0, 0.05) is 19.0 Å². The molecule has 3 aromatic carbocycles. The van der Waals surface area contributed by atoms with Crippen LogP contribution in [0.5, 0.6) is 0 Å². The van der Waals surface area contributed by atoms with E-state index in [9.17, 15) is 9.59 Å². The number of amides is 2. The molecule has 0 unspecified atom stereocenters. The number of benzene rings is 3. The van der Waals surface area contributed by atoms with E-state index < -0.39 is 0 Å². The van der Waals surface area contributed by atoms with E-state index in [0.29, 0.717) is 17.8 Å². The molecule has 0 aliphatic carbocycles. The van der Waals surface area contributed by atoms with Gasteiger partial charge < -0.3 is 10.6 Å². The number of carbonyl (C=O) groups excluding carboxylic acids is 2. The zero-order chi connectivity index (χ0) is 22.3. The average molecular weight is 428 g/mol. The smallest absolute Gasteiger partial charge is 0.253 e. The first-order chi connectivity index (χ1) is 15.7. The number of rotatable bonds is 7. The standard InChI is InChI=1S/C27H29N3O2/c1-2-16-28-27(32)24-12-5-6-13-25(24)29-26(31)21-14-17-30(18-15-21)19-22-10-7-9-20-8-3-4-11-23(20)22/h2-13,21H,1,14-19H2,(H,28,32)(H,29,31). The van der Waals surface area contributed by atoms with Crippen LogP contribution in [0.2, 0.25) is 0 Å². The van der Waals surface area contributed by atoms with Gasteiger partial charge in [0.2, 0.25) is 5.91 Å². The van der Waals surface area contributed by atoms with Gasteiger partial charge in [0.15, 0.2) is 0 Å². The Morgan fingerprint density at radius 2 is 1.69 bits per heavy atom. The van der Waals surface area contributed by atoms with Gasteiger partial charge >= 0.3 is 0 Å². The molecule has 0 radical (unpaired) electrons. The number of nitrogens with one attached hydrogen (secondary N) is 2. The summed E-state index contributed by atoms with van der Waals surface area (Å²) < 4.78 is 0. The molecule has 1 heterocycles. The highest BCUT2D eigenvalue weighted by Gasteiger charge is 2.26. The Morgan fingerprint density at radius 3 is 2.50 bits per heavy atom. The molecule has 32 heavy (non-hydrogen) atoms. The van der Waals surface area contributed by atoms with E-state index in [2.05, 4.69) is 64.6 Å². The van der Waals surface area contributed by atoms with Crippen molar-refractivity contribution in [2.24, 2.45) is 5.92 Å². The lowest BCUT2D eigenvalue weighted by molar-refractivity contribution is -0.121. The quantitative estimate of drug-likeness (QED) is 0.542. The maximum Gasteiger partial charge on any atom is 0.253 e. The topological polar surface area (TPSA) is 61.4 Å². The number of anilines is 1. The molecule has 1 aliphatic heterocycles. The molecule has 0 atom stereocenters. The summed E-state index contributed by atoms with van der Waals surface area (Å²) in [5.74, 6) is -0.285. The SMILES string of the molecule is C=CCNC(=O)c1ccccc1NC(=O)C1CCN(Cc2cccc3ccccc23)CC1. The molecular formula is C27H29N3O2. The van der Waals surface area contributed by atoms with E-state index in [1.54, 1.807) is 24.3 Å². The number of carbonyl (C=O) groups is 2. The van der Waals surface area contributed by atoms with Crippen molar-refractivity contribution in [2.75, 3.05) is 25.0 Å². The fraction of sp³-hybridized carbons (Fsp3) is 0.259. The van der Waals surface area contributed by atoms with E-state index in [4.69, 9.17) is 0 Å². The van der Waals surface area contributed by atoms with Crippen LogP contribution < -0.4 is 10.6 Å². The Kier molecular flexibility index (Phi) is 6.97. The third-order valence-electron chi connectivity index (χ3n) is 6.07. The van der Waals surface area contributed by atoms with Gasteiger partial charge in [0.1, 0.15) is 0 Å². The van der Waals surface area contributed by atoms with Crippen molar-refractivity contribution < 1.29 is 9.59 Å². The molecule has 0 saturated carbocycles. The maximum atomic E-state index is 12.9. The molecule has 2 N–H and O–H groups in total. The predicted molar refractivity (Wildman–Crippen MR) is 130 cm³/mol. The predicted octanol–water partition coefficient (Wildman–Crippen LogP) is 4.61. The minimum absolute atomic E-state index is 0.0150. The van der Waals surface area contributed by atoms with Gasteiger partial charge in [0.05, 0.1) is 11.3 Å². The van der Waals surface area contributed by atoms with Crippen LogP contribution in [-0.2, 0) is 11.3 Å². The summed E-state index contributed by atoms with van der Waals surface area (Å²) in [6.07, 6.45) is 3.24. The highest BCUT2D eigenvalue weighted by atomic mass is 16.2. The van der Waals surface area contributed by atoms with Gasteiger partial charge in [-0.05, 0) is 54.4 Å². The molecule has 164 valence electrons. The number of para-hydroxylation sites is 1. The number of nitrogens with zero attached hydrogens (tertiary/aromatic N) is 1. The van der Waals surface area contributed by atoms with Gasteiger partial charge in [0.25, 0.3) is 5.91 Å². The largest absolute Gasteiger partial charge is 0.349 e. The fourth-order valence-electron chi connectivity index (χ4n) is 4.31. The van der Waals surface area contributed by atoms with Crippen molar-refractivity contribution in [2.45, 2.75) is 19.4 Å². The van der Waals surface area contributed by atoms with Crippen molar-refractivity contribution in [3.63, 3.8) is 0 Å². The summed E-state index contributed by atoms with van der Waals surface area (Å²) >= 11 is 0. The first-order valence-electron chi connectivity index (χ1n) is 11.1. The second kappa shape index (κ2) is 10.2. The molecule has 5 heteroatoms. The van der Waals surface area contributed by atoms with Crippen molar-refractivity contribution in [3.8, 4) is 0 Å². The zero-order valence-electron chi connectivity index (χ0n) is 18.2. The van der Waals surface area contributed by atoms with E-state index in [-0.39, 0.29) is 17.7 Å². The summed E-state index contributed by atoms with van der Waals surface area (Å²) in [5, 5.41) is 8.30. The van der Waals surface area contributed by atoms with Gasteiger partial charge in [-0.1, -0.05) is 60.7 Å². The first-order valence-corrected chi connectivity index (χ1v) is 11.1. The van der Waals surface area contributed by atoms with E-state index >= 15 is 0 Å². The van der Waals surface area contributed by atoms with Gasteiger partial charge in [-0.3, -0.25) is 14.5 Å². The number of hydrogen-bond donors (Lipinski definition) is 2. The van der Waals surface area contributed by atoms with Crippen LogP contribution in [0.25, 0.3) is 10.8 Å². The van der Waals surface area contributed by atoms with Crippen LogP contribution >= 0.6 is 0 Å². The molecule has 1 aliphatic rings. The monoisotopic (exact) mass is 427 g/mol. The lowest BCUT2D eigenvalue weighted by atomic mass is 9.94. The van der Waals surface area contributed by atoms with Crippen LogP contribution in [0, 0.1) is 5.92 Å². The molecule has 3 aromatic rings. The van der Waals surface area contributed by atoms with Gasteiger partial charge in [-0.2, -0.15) is 0 Å². The van der Waals surface area contributed by atoms with Crippen molar-refractivity contribution in [1.82, 2.24) is 10.2 Å². The summed E-state index contributed by atoms with van der Waals surface area (Å²) in [5.41, 5.74) is 2.35. The van der Waals surface area contributed by atoms with Crippen LogP contribution in [0.15, 0.2) is 79.4 Å². The summed E-state index contributed by atoms with van der Waals surface area (Å²) in [7, 11) is 0. The number of piperidine rings is 1. The van der Waals surface area contributed by atoms with Crippen molar-refractivity contribution in [3.05, 3.63) is 90.5 Å². The molecule has 0 spiro atoms. The van der Waals surface area contributed by atoms with Crippen LogP contribution in [-0.4, -0.2) is 36.3 Å². The molecule has 5 nitrogen and oxygen atoms in total.